The number of thioether (sulfide) groups is 1. The van der Waals surface area contributed by atoms with E-state index < -0.39 is 0 Å². The van der Waals surface area contributed by atoms with E-state index in [9.17, 15) is 0 Å². The van der Waals surface area contributed by atoms with Crippen LogP contribution in [0.1, 0.15) is 12.0 Å². The summed E-state index contributed by atoms with van der Waals surface area (Å²) in [5, 5.41) is 3.54. The lowest BCUT2D eigenvalue weighted by Crippen LogP contribution is -2.45. The molecular formula is C20H27N5OS. The molecule has 1 fully saturated rings. The van der Waals surface area contributed by atoms with Crippen LogP contribution in [0.2, 0.25) is 0 Å². The molecule has 0 saturated carbocycles. The van der Waals surface area contributed by atoms with Gasteiger partial charge in [-0.3, -0.25) is 0 Å². The minimum atomic E-state index is 0.746. The molecule has 6 nitrogen and oxygen atoms in total. The molecule has 1 aromatic carbocycles. The van der Waals surface area contributed by atoms with E-state index in [0.717, 1.165) is 81.1 Å². The van der Waals surface area contributed by atoms with Crippen molar-refractivity contribution in [3.05, 3.63) is 35.9 Å². The lowest BCUT2D eigenvalue weighted by molar-refractivity contribution is 0.274. The normalized spacial score (nSPS) is 17.3. The summed E-state index contributed by atoms with van der Waals surface area (Å²) >= 11 is 1.86. The number of benzene rings is 1. The van der Waals surface area contributed by atoms with Gasteiger partial charge in [-0.05, 0) is 32.0 Å². The molecule has 0 bridgehead atoms. The summed E-state index contributed by atoms with van der Waals surface area (Å²) in [6.45, 7) is 5.60. The van der Waals surface area contributed by atoms with Crippen LogP contribution in [0.4, 0.5) is 11.8 Å². The van der Waals surface area contributed by atoms with Gasteiger partial charge in [0.2, 0.25) is 11.8 Å². The van der Waals surface area contributed by atoms with E-state index in [4.69, 9.17) is 14.7 Å². The summed E-state index contributed by atoms with van der Waals surface area (Å²) in [5.41, 5.74) is 1.13. The van der Waals surface area contributed by atoms with Crippen molar-refractivity contribution in [2.45, 2.75) is 17.7 Å². The molecule has 1 saturated heterocycles. The van der Waals surface area contributed by atoms with Gasteiger partial charge in [0.1, 0.15) is 5.82 Å². The Morgan fingerprint density at radius 1 is 1.11 bits per heavy atom. The Labute approximate surface area is 165 Å². The quantitative estimate of drug-likeness (QED) is 0.606. The van der Waals surface area contributed by atoms with Crippen molar-refractivity contribution in [3.8, 4) is 5.88 Å². The highest BCUT2D eigenvalue weighted by Crippen LogP contribution is 2.31. The molecule has 27 heavy (non-hydrogen) atoms. The minimum Gasteiger partial charge on any atom is -0.477 e. The number of aromatic nitrogens is 2. The first-order valence-electron chi connectivity index (χ1n) is 9.68. The van der Waals surface area contributed by atoms with Gasteiger partial charge in [-0.25, -0.2) is 0 Å². The van der Waals surface area contributed by atoms with Gasteiger partial charge in [0.05, 0.1) is 12.2 Å². The summed E-state index contributed by atoms with van der Waals surface area (Å²) in [5.74, 6) is 3.50. The number of fused-ring (bicyclic) bond motifs is 1. The van der Waals surface area contributed by atoms with Crippen LogP contribution in [0, 0.1) is 0 Å². The molecule has 2 aromatic rings. The van der Waals surface area contributed by atoms with Crippen molar-refractivity contribution in [1.82, 2.24) is 14.9 Å². The lowest BCUT2D eigenvalue weighted by Gasteiger charge is -2.33. The zero-order valence-electron chi connectivity index (χ0n) is 15.9. The Hall–Kier alpha value is -1.99. The number of hydrogen-bond acceptors (Lipinski definition) is 7. The van der Waals surface area contributed by atoms with Crippen LogP contribution in [0.25, 0.3) is 0 Å². The molecular weight excluding hydrogens is 358 g/mol. The average Bonchev–Trinajstić information content (AvgIpc) is 2.72. The van der Waals surface area contributed by atoms with E-state index >= 15 is 0 Å². The van der Waals surface area contributed by atoms with E-state index in [1.807, 2.05) is 11.8 Å². The second-order valence-corrected chi connectivity index (χ2v) is 8.15. The number of anilines is 2. The van der Waals surface area contributed by atoms with Crippen LogP contribution in [-0.2, 0) is 6.42 Å². The Morgan fingerprint density at radius 3 is 2.74 bits per heavy atom. The number of piperazine rings is 1. The fourth-order valence-electron chi connectivity index (χ4n) is 3.36. The van der Waals surface area contributed by atoms with Crippen molar-refractivity contribution in [1.29, 1.82) is 0 Å². The Morgan fingerprint density at radius 2 is 1.93 bits per heavy atom. The van der Waals surface area contributed by atoms with E-state index in [2.05, 4.69) is 52.5 Å². The van der Waals surface area contributed by atoms with Crippen LogP contribution in [0.5, 0.6) is 5.88 Å². The van der Waals surface area contributed by atoms with Crippen LogP contribution < -0.4 is 15.0 Å². The molecule has 2 aliphatic rings. The minimum absolute atomic E-state index is 0.746. The van der Waals surface area contributed by atoms with Crippen LogP contribution in [-0.4, -0.2) is 67.0 Å². The number of nitrogens with zero attached hydrogens (tertiary/aromatic N) is 4. The molecule has 7 heteroatoms. The standard InChI is InChI=1S/C20H27N5OS/c1-24-10-12-25(13-11-24)20-22-18(17-8-5-14-26-19(17)23-20)21-9-15-27-16-6-3-2-4-7-16/h2-4,6-7H,5,8-15H2,1H3,(H,21,22,23). The number of rotatable bonds is 6. The first kappa shape index (κ1) is 18.4. The largest absolute Gasteiger partial charge is 0.477 e. The average molecular weight is 386 g/mol. The van der Waals surface area contributed by atoms with Crippen molar-refractivity contribution >= 4 is 23.5 Å². The number of likely N-dealkylation sites (N-methyl/N-ethyl adjacent to an activating group) is 1. The fraction of sp³-hybridized carbons (Fsp3) is 0.500. The predicted octanol–water partition coefficient (Wildman–Crippen LogP) is 2.76. The Kier molecular flexibility index (Phi) is 5.99. The summed E-state index contributed by atoms with van der Waals surface area (Å²) in [7, 11) is 2.16. The highest BCUT2D eigenvalue weighted by molar-refractivity contribution is 7.99. The van der Waals surface area contributed by atoms with Crippen molar-refractivity contribution in [2.24, 2.45) is 0 Å². The van der Waals surface area contributed by atoms with Crippen LogP contribution >= 0.6 is 11.8 Å². The molecule has 1 N–H and O–H groups in total. The van der Waals surface area contributed by atoms with Gasteiger partial charge in [0.25, 0.3) is 0 Å². The van der Waals surface area contributed by atoms with Crippen molar-refractivity contribution in [3.63, 3.8) is 0 Å². The molecule has 0 atom stereocenters. The van der Waals surface area contributed by atoms with E-state index in [0.29, 0.717) is 0 Å². The maximum Gasteiger partial charge on any atom is 0.230 e. The molecule has 0 radical (unpaired) electrons. The summed E-state index contributed by atoms with van der Waals surface area (Å²) in [6, 6.07) is 10.5. The van der Waals surface area contributed by atoms with Gasteiger partial charge < -0.3 is 19.9 Å². The molecule has 0 amide bonds. The number of hydrogen-bond donors (Lipinski definition) is 1. The summed E-state index contributed by atoms with van der Waals surface area (Å²) in [4.78, 5) is 15.5. The summed E-state index contributed by atoms with van der Waals surface area (Å²) in [6.07, 6.45) is 2.00. The van der Waals surface area contributed by atoms with Crippen molar-refractivity contribution in [2.75, 3.05) is 62.3 Å². The highest BCUT2D eigenvalue weighted by atomic mass is 32.2. The highest BCUT2D eigenvalue weighted by Gasteiger charge is 2.23. The second kappa shape index (κ2) is 8.80. The first-order valence-corrected chi connectivity index (χ1v) is 10.7. The zero-order chi connectivity index (χ0) is 18.5. The van der Waals surface area contributed by atoms with Gasteiger partial charge in [-0.1, -0.05) is 18.2 Å². The predicted molar refractivity (Wildman–Crippen MR) is 111 cm³/mol. The third-order valence-corrected chi connectivity index (χ3v) is 5.97. The topological polar surface area (TPSA) is 53.5 Å². The van der Waals surface area contributed by atoms with E-state index in [-0.39, 0.29) is 0 Å². The molecule has 4 rings (SSSR count). The molecule has 0 aliphatic carbocycles. The first-order chi connectivity index (χ1) is 13.3. The SMILES string of the molecule is CN1CCN(c2nc(NCCSc3ccccc3)c3c(n2)OCCC3)CC1. The second-order valence-electron chi connectivity index (χ2n) is 6.99. The monoisotopic (exact) mass is 385 g/mol. The smallest absolute Gasteiger partial charge is 0.230 e. The van der Waals surface area contributed by atoms with Gasteiger partial charge >= 0.3 is 0 Å². The molecule has 3 heterocycles. The molecule has 0 spiro atoms. The Balaban J connectivity index is 1.44. The third-order valence-electron chi connectivity index (χ3n) is 4.96. The van der Waals surface area contributed by atoms with Gasteiger partial charge in [-0.15, -0.1) is 11.8 Å². The van der Waals surface area contributed by atoms with Crippen molar-refractivity contribution < 1.29 is 4.74 Å². The molecule has 1 aromatic heterocycles. The molecule has 2 aliphatic heterocycles. The molecule has 0 unspecified atom stereocenters. The third kappa shape index (κ3) is 4.65. The van der Waals surface area contributed by atoms with Gasteiger partial charge in [0.15, 0.2) is 0 Å². The zero-order valence-corrected chi connectivity index (χ0v) is 16.7. The number of ether oxygens (including phenoxy) is 1. The lowest BCUT2D eigenvalue weighted by atomic mass is 10.1. The maximum absolute atomic E-state index is 5.86. The maximum atomic E-state index is 5.86. The van der Waals surface area contributed by atoms with Gasteiger partial charge in [0, 0.05) is 43.4 Å². The van der Waals surface area contributed by atoms with E-state index in [1.165, 1.54) is 4.90 Å². The summed E-state index contributed by atoms with van der Waals surface area (Å²) < 4.78 is 5.86. The molecule has 144 valence electrons. The van der Waals surface area contributed by atoms with Crippen LogP contribution in [0.15, 0.2) is 35.2 Å². The van der Waals surface area contributed by atoms with E-state index in [1.54, 1.807) is 0 Å². The number of nitrogens with one attached hydrogen (secondary N) is 1. The Bertz CT molecular complexity index is 750. The van der Waals surface area contributed by atoms with Gasteiger partial charge in [-0.2, -0.15) is 9.97 Å². The van der Waals surface area contributed by atoms with Crippen LogP contribution in [0.3, 0.4) is 0 Å². The fourth-order valence-corrected chi connectivity index (χ4v) is 4.15.